The van der Waals surface area contributed by atoms with Crippen LogP contribution >= 0.6 is 23.2 Å². The van der Waals surface area contributed by atoms with Crippen molar-refractivity contribution >= 4 is 40.0 Å². The molecule has 254 valence electrons. The first-order valence-corrected chi connectivity index (χ1v) is 17.5. The predicted molar refractivity (Wildman–Crippen MR) is 195 cm³/mol. The van der Waals surface area contributed by atoms with Crippen molar-refractivity contribution in [1.29, 1.82) is 0 Å². The second-order valence-electron chi connectivity index (χ2n) is 12.8. The number of hydrogen-bond donors (Lipinski definition) is 3. The number of carbonyl (C=O) groups is 1. The number of methoxy groups -OCH3 is 1. The zero-order valence-corrected chi connectivity index (χ0v) is 29.2. The highest BCUT2D eigenvalue weighted by atomic mass is 35.5. The summed E-state index contributed by atoms with van der Waals surface area (Å²) < 4.78 is 13.6. The number of fused-ring (bicyclic) bond motifs is 1. The molecule has 2 fully saturated rings. The van der Waals surface area contributed by atoms with Crippen LogP contribution in [0.25, 0.3) is 44.5 Å². The summed E-state index contributed by atoms with van der Waals surface area (Å²) in [6.45, 7) is 3.76. The smallest absolute Gasteiger partial charge is 0.220 e. The van der Waals surface area contributed by atoms with Crippen LogP contribution in [-0.4, -0.2) is 59.4 Å². The summed E-state index contributed by atoms with van der Waals surface area (Å²) >= 11 is 14.2. The van der Waals surface area contributed by atoms with Crippen LogP contribution in [0, 0.1) is 0 Å². The van der Waals surface area contributed by atoms with Gasteiger partial charge in [0, 0.05) is 103 Å². The van der Waals surface area contributed by atoms with E-state index >= 15 is 0 Å². The van der Waals surface area contributed by atoms with E-state index in [9.17, 15) is 4.79 Å². The van der Waals surface area contributed by atoms with E-state index in [4.69, 9.17) is 42.6 Å². The van der Waals surface area contributed by atoms with Crippen LogP contribution in [-0.2, 0) is 29.7 Å². The van der Waals surface area contributed by atoms with Crippen LogP contribution in [0.5, 0.6) is 5.88 Å². The summed E-state index contributed by atoms with van der Waals surface area (Å²) in [5.74, 6) is 0.625. The molecule has 0 radical (unpaired) electrons. The predicted octanol–water partition coefficient (Wildman–Crippen LogP) is 6.92. The first-order valence-electron chi connectivity index (χ1n) is 16.8. The minimum Gasteiger partial charge on any atom is -0.481 e. The van der Waals surface area contributed by atoms with E-state index in [0.29, 0.717) is 52.9 Å². The number of halogens is 2. The lowest BCUT2D eigenvalue weighted by Gasteiger charge is -2.15. The van der Waals surface area contributed by atoms with Crippen LogP contribution < -0.4 is 20.7 Å². The summed E-state index contributed by atoms with van der Waals surface area (Å²) in [4.78, 5) is 21.0. The molecule has 3 aromatic heterocycles. The third-order valence-corrected chi connectivity index (χ3v) is 10.2. The molecule has 2 aliphatic heterocycles. The monoisotopic (exact) mass is 698 g/mol. The van der Waals surface area contributed by atoms with Gasteiger partial charge in [0.2, 0.25) is 11.8 Å². The summed E-state index contributed by atoms with van der Waals surface area (Å²) in [7, 11) is 3.68. The minimum atomic E-state index is 0.107. The number of nitrogens with zero attached hydrogens (tertiary/aromatic N) is 3. The molecular weight excluding hydrogens is 659 g/mol. The van der Waals surface area contributed by atoms with Gasteiger partial charge in [-0.15, -0.1) is 0 Å². The molecule has 0 saturated carbocycles. The van der Waals surface area contributed by atoms with E-state index in [2.05, 4.69) is 52.0 Å². The van der Waals surface area contributed by atoms with Gasteiger partial charge in [-0.3, -0.25) is 9.78 Å². The molecule has 2 saturated heterocycles. The van der Waals surface area contributed by atoms with E-state index in [0.717, 1.165) is 72.3 Å². The molecule has 1 amide bonds. The highest BCUT2D eigenvalue weighted by molar-refractivity contribution is 6.39. The topological polar surface area (TPSA) is 102 Å². The van der Waals surface area contributed by atoms with Crippen molar-refractivity contribution in [2.75, 3.05) is 26.8 Å². The summed E-state index contributed by atoms with van der Waals surface area (Å²) in [5, 5.41) is 12.2. The van der Waals surface area contributed by atoms with Crippen molar-refractivity contribution in [3.8, 4) is 39.5 Å². The Bertz CT molecular complexity index is 1990. The summed E-state index contributed by atoms with van der Waals surface area (Å²) in [6, 6.07) is 18.2. The molecule has 11 heteroatoms. The third-order valence-electron chi connectivity index (χ3n) is 9.44. The molecule has 0 spiro atoms. The number of nitrogens with one attached hydrogen (secondary N) is 3. The molecule has 3 N–H and O–H groups in total. The van der Waals surface area contributed by atoms with Crippen LogP contribution in [0.4, 0.5) is 0 Å². The number of pyridine rings is 2. The quantitative estimate of drug-likeness (QED) is 0.130. The Morgan fingerprint density at radius 2 is 1.80 bits per heavy atom. The first-order chi connectivity index (χ1) is 23.9. The second kappa shape index (κ2) is 14.9. The fourth-order valence-electron chi connectivity index (χ4n) is 6.86. The van der Waals surface area contributed by atoms with Gasteiger partial charge in [-0.25, -0.2) is 4.98 Å². The van der Waals surface area contributed by atoms with Gasteiger partial charge in [0.05, 0.1) is 34.6 Å². The maximum Gasteiger partial charge on any atom is 0.220 e. The SMILES string of the molecule is COc1nc(-c2cccc(-c3ccnc(-c4ccc5c(CNC[C@@H]6CCCO6)cn(C)c5c4)c3Cl)c2Cl)ccc1CNC[C@@H]1CCC(=O)N1. The molecule has 5 aromatic rings. The molecule has 0 aliphatic carbocycles. The Balaban J connectivity index is 1.12. The average Bonchev–Trinajstić information content (AvgIpc) is 3.86. The maximum absolute atomic E-state index is 11.5. The van der Waals surface area contributed by atoms with Gasteiger partial charge in [-0.2, -0.15) is 0 Å². The number of rotatable bonds is 12. The lowest BCUT2D eigenvalue weighted by molar-refractivity contribution is -0.119. The van der Waals surface area contributed by atoms with Crippen LogP contribution in [0.1, 0.15) is 36.8 Å². The van der Waals surface area contributed by atoms with Crippen LogP contribution in [0.15, 0.2) is 67.0 Å². The Morgan fingerprint density at radius 1 is 0.980 bits per heavy atom. The van der Waals surface area contributed by atoms with Gasteiger partial charge in [0.1, 0.15) is 0 Å². The normalized spacial score (nSPS) is 17.6. The largest absolute Gasteiger partial charge is 0.481 e. The molecule has 49 heavy (non-hydrogen) atoms. The maximum atomic E-state index is 11.5. The summed E-state index contributed by atoms with van der Waals surface area (Å²) in [5.41, 5.74) is 7.93. The second-order valence-corrected chi connectivity index (χ2v) is 13.5. The van der Waals surface area contributed by atoms with Crippen molar-refractivity contribution in [2.45, 2.75) is 50.9 Å². The number of benzene rings is 2. The lowest BCUT2D eigenvalue weighted by atomic mass is 9.99. The fourth-order valence-corrected chi connectivity index (χ4v) is 7.51. The van der Waals surface area contributed by atoms with Crippen molar-refractivity contribution in [1.82, 2.24) is 30.5 Å². The first kappa shape index (κ1) is 33.5. The Kier molecular flexibility index (Phi) is 10.2. The standard InChI is InChI=1S/C38H40Cl2N6O3/c1-46-22-25(19-42-21-27-5-4-16-49-27)28-11-8-23(17-33(28)46)37-36(40)30(14-15-43-37)29-6-3-7-31(35(29)39)32-12-9-24(38(45-32)48-2)18-41-20-26-10-13-34(47)44-26/h3,6-9,11-12,14-15,17,22,26-27,41-42H,4-5,10,13,16,18-21H2,1-2H3,(H,44,47)/t26-,27-/m0/s1. The molecular formula is C38H40Cl2N6O3. The van der Waals surface area contributed by atoms with E-state index in [1.165, 1.54) is 10.9 Å². The van der Waals surface area contributed by atoms with Gasteiger partial charge in [0.25, 0.3) is 0 Å². The number of aromatic nitrogens is 3. The van der Waals surface area contributed by atoms with Crippen molar-refractivity contribution in [3.05, 3.63) is 88.2 Å². The van der Waals surface area contributed by atoms with Crippen molar-refractivity contribution in [2.24, 2.45) is 7.05 Å². The van der Waals surface area contributed by atoms with Crippen molar-refractivity contribution in [3.63, 3.8) is 0 Å². The number of amides is 1. The molecule has 0 bridgehead atoms. The van der Waals surface area contributed by atoms with E-state index < -0.39 is 0 Å². The zero-order valence-electron chi connectivity index (χ0n) is 27.7. The Labute approximate surface area is 296 Å². The molecule has 2 aromatic carbocycles. The fraction of sp³-hybridized carbons (Fsp3) is 0.342. The van der Waals surface area contributed by atoms with Gasteiger partial charge < -0.3 is 30.0 Å². The van der Waals surface area contributed by atoms with Gasteiger partial charge in [-0.1, -0.05) is 59.6 Å². The molecule has 2 aliphatic rings. The molecule has 2 atom stereocenters. The Morgan fingerprint density at radius 3 is 2.59 bits per heavy atom. The van der Waals surface area contributed by atoms with E-state index in [1.54, 1.807) is 13.3 Å². The Hall–Kier alpha value is -3.99. The van der Waals surface area contributed by atoms with Crippen LogP contribution in [0.2, 0.25) is 10.0 Å². The molecule has 0 unspecified atom stereocenters. The van der Waals surface area contributed by atoms with Gasteiger partial charge in [0.15, 0.2) is 0 Å². The lowest BCUT2D eigenvalue weighted by Crippen LogP contribution is -2.35. The number of ether oxygens (including phenoxy) is 2. The van der Waals surface area contributed by atoms with E-state index in [-0.39, 0.29) is 11.9 Å². The van der Waals surface area contributed by atoms with Gasteiger partial charge >= 0.3 is 0 Å². The summed E-state index contributed by atoms with van der Waals surface area (Å²) in [6.07, 6.45) is 7.94. The molecule has 9 nitrogen and oxygen atoms in total. The van der Waals surface area contributed by atoms with Gasteiger partial charge in [-0.05, 0) is 43.0 Å². The highest BCUT2D eigenvalue weighted by Gasteiger charge is 2.21. The van der Waals surface area contributed by atoms with Crippen molar-refractivity contribution < 1.29 is 14.3 Å². The van der Waals surface area contributed by atoms with Crippen LogP contribution in [0.3, 0.4) is 0 Å². The average molecular weight is 700 g/mol. The zero-order chi connectivity index (χ0) is 33.9. The minimum absolute atomic E-state index is 0.107. The highest BCUT2D eigenvalue weighted by Crippen LogP contribution is 2.42. The number of aryl methyl sites for hydroxylation is 1. The third kappa shape index (κ3) is 7.18. The molecule has 5 heterocycles. The van der Waals surface area contributed by atoms with E-state index in [1.807, 2.05) is 36.4 Å². The number of carbonyl (C=O) groups excluding carboxylic acids is 1. The number of hydrogen-bond acceptors (Lipinski definition) is 7. The molecule has 7 rings (SSSR count).